The summed E-state index contributed by atoms with van der Waals surface area (Å²) in [4.78, 5) is 0. The molecule has 0 amide bonds. The smallest absolute Gasteiger partial charge is 0.558 e. The molecule has 0 fully saturated rings. The Hall–Kier alpha value is 1.39. The molecule has 0 aliphatic rings. The normalized spacial score (nSPS) is 7.00. The largest absolute Gasteiger partial charge is 1.00 e. The minimum atomic E-state index is 0. The van der Waals surface area contributed by atoms with Crippen LogP contribution in [0.25, 0.3) is 0 Å². The second kappa shape index (κ2) is 9.63. The monoisotopic (exact) mass is 113 g/mol. The predicted molar refractivity (Wildman–Crippen MR) is 26.9 cm³/mol. The van der Waals surface area contributed by atoms with E-state index in [1.165, 1.54) is 0 Å². The fourth-order valence-corrected chi connectivity index (χ4v) is 0.306. The molecule has 6 heavy (non-hydrogen) atoms. The Bertz CT molecular complexity index is 18.3. The minimum absolute atomic E-state index is 0. The van der Waals surface area contributed by atoms with E-state index in [0.29, 0.717) is 0 Å². The van der Waals surface area contributed by atoms with E-state index in [0.717, 1.165) is 19.1 Å². The van der Waals surface area contributed by atoms with E-state index in [4.69, 9.17) is 5.73 Å². The standard InChI is InChI=1S/C3H9NP.Na/c4-2-1-3-5;/h5H,1-4H2;/q-1;+1. The Kier molecular flexibility index (Phi) is 16.7. The van der Waals surface area contributed by atoms with Gasteiger partial charge in [-0.2, -0.15) is 6.16 Å². The topological polar surface area (TPSA) is 26.0 Å². The predicted octanol–water partition coefficient (Wildman–Crippen LogP) is -2.52. The molecule has 0 atom stereocenters. The van der Waals surface area contributed by atoms with Gasteiger partial charge in [0.1, 0.15) is 0 Å². The third-order valence-corrected chi connectivity index (χ3v) is 0.734. The van der Waals surface area contributed by atoms with Crippen LogP contribution < -0.4 is 35.3 Å². The molecule has 0 aromatic heterocycles. The molecule has 0 rings (SSSR count). The summed E-state index contributed by atoms with van der Waals surface area (Å²) in [5.41, 5.74) is 5.11. The van der Waals surface area contributed by atoms with E-state index in [1.807, 2.05) is 0 Å². The van der Waals surface area contributed by atoms with Gasteiger partial charge in [-0.1, -0.05) is 6.42 Å². The molecule has 32 valence electrons. The zero-order valence-corrected chi connectivity index (χ0v) is 7.20. The van der Waals surface area contributed by atoms with Gasteiger partial charge in [0, 0.05) is 0 Å². The molecule has 0 aromatic rings. The minimum Gasteiger partial charge on any atom is -0.558 e. The van der Waals surface area contributed by atoms with Gasteiger partial charge in [-0.3, -0.25) is 0 Å². The molecule has 0 spiro atoms. The molecule has 0 bridgehead atoms. The molecule has 3 heteroatoms. The first-order valence-corrected chi connectivity index (χ1v) is 2.47. The Labute approximate surface area is 63.6 Å². The first kappa shape index (κ1) is 10.4. The molecule has 0 heterocycles. The van der Waals surface area contributed by atoms with Crippen LogP contribution >= 0.6 is 9.24 Å². The summed E-state index contributed by atoms with van der Waals surface area (Å²) in [7, 11) is 3.27. The molecule has 0 unspecified atom stereocenters. The maximum atomic E-state index is 5.11. The molecular weight excluding hydrogens is 104 g/mol. The van der Waals surface area contributed by atoms with Gasteiger partial charge in [0.25, 0.3) is 0 Å². The van der Waals surface area contributed by atoms with Crippen molar-refractivity contribution in [2.24, 2.45) is 5.73 Å². The van der Waals surface area contributed by atoms with Gasteiger partial charge in [0.05, 0.1) is 0 Å². The summed E-state index contributed by atoms with van der Waals surface area (Å²) >= 11 is 0. The molecule has 0 saturated carbocycles. The van der Waals surface area contributed by atoms with Crippen LogP contribution in [0.2, 0.25) is 0 Å². The molecule has 0 aliphatic carbocycles. The van der Waals surface area contributed by atoms with Crippen molar-refractivity contribution in [2.45, 2.75) is 6.42 Å². The van der Waals surface area contributed by atoms with Crippen molar-refractivity contribution in [2.75, 3.05) is 12.7 Å². The van der Waals surface area contributed by atoms with Crippen LogP contribution in [-0.4, -0.2) is 12.7 Å². The van der Waals surface area contributed by atoms with Gasteiger partial charge in [0.15, 0.2) is 0 Å². The van der Waals surface area contributed by atoms with E-state index in [2.05, 4.69) is 9.24 Å². The Morgan fingerprint density at radius 3 is 2.00 bits per heavy atom. The molecule has 0 aromatic carbocycles. The maximum absolute atomic E-state index is 5.11. The summed E-state index contributed by atoms with van der Waals surface area (Å²) in [6.45, 7) is 0.795. The van der Waals surface area contributed by atoms with Crippen molar-refractivity contribution < 1.29 is 29.6 Å². The Morgan fingerprint density at radius 2 is 2.00 bits per heavy atom. The summed E-state index contributed by atoms with van der Waals surface area (Å²) < 4.78 is 0. The van der Waals surface area contributed by atoms with Crippen LogP contribution in [0.15, 0.2) is 0 Å². The van der Waals surface area contributed by atoms with Gasteiger partial charge in [0.2, 0.25) is 0 Å². The fourth-order valence-electron chi connectivity index (χ4n) is 0.102. The summed E-state index contributed by atoms with van der Waals surface area (Å²) in [6.07, 6.45) is 2.10. The second-order valence-corrected chi connectivity index (χ2v) is 1.39. The van der Waals surface area contributed by atoms with E-state index >= 15 is 0 Å². The summed E-state index contributed by atoms with van der Waals surface area (Å²) in [5.74, 6) is 0. The zero-order chi connectivity index (χ0) is 4.12. The van der Waals surface area contributed by atoms with E-state index in [1.54, 1.807) is 0 Å². The number of hydrogen-bond acceptors (Lipinski definition) is 1. The van der Waals surface area contributed by atoms with Crippen molar-refractivity contribution in [3.8, 4) is 0 Å². The number of rotatable bonds is 2. The summed E-state index contributed by atoms with van der Waals surface area (Å²) in [5, 5.41) is 0. The van der Waals surface area contributed by atoms with E-state index < -0.39 is 0 Å². The third kappa shape index (κ3) is 9.04. The molecule has 0 saturated heterocycles. The Morgan fingerprint density at radius 1 is 1.50 bits per heavy atom. The van der Waals surface area contributed by atoms with Crippen molar-refractivity contribution in [3.05, 3.63) is 0 Å². The van der Waals surface area contributed by atoms with Crippen molar-refractivity contribution in [1.29, 1.82) is 0 Å². The van der Waals surface area contributed by atoms with Crippen molar-refractivity contribution in [1.82, 2.24) is 0 Å². The van der Waals surface area contributed by atoms with Crippen LogP contribution in [0.4, 0.5) is 0 Å². The van der Waals surface area contributed by atoms with Crippen LogP contribution in [0.3, 0.4) is 0 Å². The van der Waals surface area contributed by atoms with Gasteiger partial charge in [-0.05, 0) is 6.54 Å². The van der Waals surface area contributed by atoms with Crippen molar-refractivity contribution >= 4 is 9.24 Å². The first-order valence-electron chi connectivity index (χ1n) is 1.76. The Balaban J connectivity index is 0. The molecule has 1 nitrogen and oxygen atoms in total. The van der Waals surface area contributed by atoms with Crippen LogP contribution in [-0.2, 0) is 0 Å². The van der Waals surface area contributed by atoms with Gasteiger partial charge < -0.3 is 15.0 Å². The fraction of sp³-hybridized carbons (Fsp3) is 1.00. The van der Waals surface area contributed by atoms with Crippen LogP contribution in [0.1, 0.15) is 6.42 Å². The average Bonchev–Trinajstić information content (AvgIpc) is 1.41. The second-order valence-electron chi connectivity index (χ2n) is 0.892. The average molecular weight is 113 g/mol. The van der Waals surface area contributed by atoms with Gasteiger partial charge in [-0.25, -0.2) is 0 Å². The van der Waals surface area contributed by atoms with E-state index in [9.17, 15) is 0 Å². The van der Waals surface area contributed by atoms with Gasteiger partial charge in [-0.15, -0.1) is 0 Å². The van der Waals surface area contributed by atoms with Crippen molar-refractivity contribution in [3.63, 3.8) is 0 Å². The van der Waals surface area contributed by atoms with Crippen LogP contribution in [0, 0.1) is 0 Å². The number of hydrogen-bond donors (Lipinski definition) is 1. The first-order chi connectivity index (χ1) is 2.41. The number of nitrogens with two attached hydrogens (primary N) is 1. The SMILES string of the molecule is NCCC[PH-].[Na+]. The molecule has 2 N–H and O–H groups in total. The third-order valence-electron chi connectivity index (χ3n) is 0.381. The van der Waals surface area contributed by atoms with Crippen LogP contribution in [0.5, 0.6) is 0 Å². The maximum Gasteiger partial charge on any atom is 1.00 e. The quantitative estimate of drug-likeness (QED) is 0.310. The summed E-state index contributed by atoms with van der Waals surface area (Å²) in [6, 6.07) is 0. The molecule has 0 aliphatic heterocycles. The van der Waals surface area contributed by atoms with E-state index in [-0.39, 0.29) is 29.6 Å². The molecular formula is C3H9NNaP. The molecule has 0 radical (unpaired) electrons. The van der Waals surface area contributed by atoms with Gasteiger partial charge >= 0.3 is 29.6 Å². The zero-order valence-electron chi connectivity index (χ0n) is 4.20.